The van der Waals surface area contributed by atoms with Crippen molar-refractivity contribution in [3.8, 4) is 6.07 Å². The highest BCUT2D eigenvalue weighted by Gasteiger charge is 2.24. The Bertz CT molecular complexity index is 1080. The molecule has 0 atom stereocenters. The second-order valence-corrected chi connectivity index (χ2v) is 8.42. The first kappa shape index (κ1) is 20.3. The van der Waals surface area contributed by atoms with Crippen molar-refractivity contribution in [3.05, 3.63) is 54.1 Å². The standard InChI is InChI=1S/C19H19N5O4S/c1-23(29(27,28)17-7-5-14(12-20)6-8-17)13-18(25)22-15-3-2-4-16(11-15)24-10-9-21-19(24)26/h2-8,11H,9-10,13H2,1H3,(H,21,26)(H,22,25). The van der Waals surface area contributed by atoms with E-state index in [-0.39, 0.29) is 10.9 Å². The van der Waals surface area contributed by atoms with Crippen molar-refractivity contribution in [1.82, 2.24) is 9.62 Å². The van der Waals surface area contributed by atoms with Crippen LogP contribution in [0.5, 0.6) is 0 Å². The fourth-order valence-corrected chi connectivity index (χ4v) is 3.97. The van der Waals surface area contributed by atoms with Gasteiger partial charge in [0.15, 0.2) is 0 Å². The normalized spacial score (nSPS) is 13.8. The van der Waals surface area contributed by atoms with Gasteiger partial charge in [0, 0.05) is 31.5 Å². The molecule has 1 aliphatic heterocycles. The Morgan fingerprint density at radius 2 is 2.00 bits per heavy atom. The first-order chi connectivity index (χ1) is 13.8. The first-order valence-corrected chi connectivity index (χ1v) is 10.2. The van der Waals surface area contributed by atoms with Crippen molar-refractivity contribution in [2.75, 3.05) is 36.9 Å². The Hall–Kier alpha value is -3.42. The molecular weight excluding hydrogens is 394 g/mol. The van der Waals surface area contributed by atoms with Crippen LogP contribution in [0.2, 0.25) is 0 Å². The van der Waals surface area contributed by atoms with Crippen molar-refractivity contribution in [3.63, 3.8) is 0 Å². The van der Waals surface area contributed by atoms with E-state index in [1.165, 1.54) is 31.3 Å². The number of rotatable bonds is 6. The molecule has 0 saturated carbocycles. The fourth-order valence-electron chi connectivity index (χ4n) is 2.84. The van der Waals surface area contributed by atoms with Crippen molar-refractivity contribution < 1.29 is 18.0 Å². The molecule has 2 aromatic rings. The number of hydrogen-bond acceptors (Lipinski definition) is 5. The monoisotopic (exact) mass is 413 g/mol. The van der Waals surface area contributed by atoms with Crippen LogP contribution in [0.25, 0.3) is 0 Å². The maximum absolute atomic E-state index is 12.6. The second kappa shape index (κ2) is 8.30. The largest absolute Gasteiger partial charge is 0.336 e. The van der Waals surface area contributed by atoms with Crippen LogP contribution in [0.1, 0.15) is 5.56 Å². The summed E-state index contributed by atoms with van der Waals surface area (Å²) in [6, 6.07) is 13.9. The van der Waals surface area contributed by atoms with Gasteiger partial charge in [0.1, 0.15) is 0 Å². The quantitative estimate of drug-likeness (QED) is 0.740. The Balaban J connectivity index is 1.67. The molecule has 3 amide bonds. The maximum atomic E-state index is 12.6. The fraction of sp³-hybridized carbons (Fsp3) is 0.211. The average molecular weight is 413 g/mol. The summed E-state index contributed by atoms with van der Waals surface area (Å²) >= 11 is 0. The molecule has 3 rings (SSSR count). The van der Waals surface area contributed by atoms with Gasteiger partial charge in [-0.05, 0) is 42.5 Å². The molecule has 2 aromatic carbocycles. The number of nitriles is 1. The summed E-state index contributed by atoms with van der Waals surface area (Å²) in [6.45, 7) is 0.686. The molecule has 9 nitrogen and oxygen atoms in total. The predicted molar refractivity (Wildman–Crippen MR) is 107 cm³/mol. The van der Waals surface area contributed by atoms with Crippen LogP contribution >= 0.6 is 0 Å². The summed E-state index contributed by atoms with van der Waals surface area (Å²) in [5.41, 5.74) is 1.43. The first-order valence-electron chi connectivity index (χ1n) is 8.73. The van der Waals surface area contributed by atoms with Gasteiger partial charge in [0.05, 0.1) is 23.1 Å². The highest BCUT2D eigenvalue weighted by molar-refractivity contribution is 7.89. The van der Waals surface area contributed by atoms with Gasteiger partial charge in [0.25, 0.3) is 0 Å². The second-order valence-electron chi connectivity index (χ2n) is 6.38. The van der Waals surface area contributed by atoms with E-state index < -0.39 is 22.5 Å². The van der Waals surface area contributed by atoms with E-state index in [4.69, 9.17) is 5.26 Å². The molecule has 1 saturated heterocycles. The Labute approximate surface area is 168 Å². The Kier molecular flexibility index (Phi) is 5.81. The van der Waals surface area contributed by atoms with Crippen LogP contribution in [0.3, 0.4) is 0 Å². The molecule has 2 N–H and O–H groups in total. The van der Waals surface area contributed by atoms with Crippen molar-refractivity contribution in [2.45, 2.75) is 4.90 Å². The summed E-state index contributed by atoms with van der Waals surface area (Å²) < 4.78 is 26.1. The summed E-state index contributed by atoms with van der Waals surface area (Å²) in [5.74, 6) is -0.521. The molecule has 0 bridgehead atoms. The molecule has 29 heavy (non-hydrogen) atoms. The van der Waals surface area contributed by atoms with E-state index in [0.29, 0.717) is 30.0 Å². The van der Waals surface area contributed by atoms with Crippen LogP contribution < -0.4 is 15.5 Å². The molecule has 0 aromatic heterocycles. The zero-order valence-electron chi connectivity index (χ0n) is 15.6. The third-order valence-corrected chi connectivity index (χ3v) is 6.17. The lowest BCUT2D eigenvalue weighted by atomic mass is 10.2. The van der Waals surface area contributed by atoms with Gasteiger partial charge < -0.3 is 10.6 Å². The van der Waals surface area contributed by atoms with E-state index in [0.717, 1.165) is 4.31 Å². The molecule has 0 radical (unpaired) electrons. The van der Waals surface area contributed by atoms with Crippen LogP contribution in [0.15, 0.2) is 53.4 Å². The summed E-state index contributed by atoms with van der Waals surface area (Å²) in [5, 5.41) is 14.2. The van der Waals surface area contributed by atoms with E-state index in [1.54, 1.807) is 29.2 Å². The van der Waals surface area contributed by atoms with E-state index in [2.05, 4.69) is 10.6 Å². The van der Waals surface area contributed by atoms with Gasteiger partial charge in [-0.15, -0.1) is 0 Å². The Morgan fingerprint density at radius 3 is 2.62 bits per heavy atom. The van der Waals surface area contributed by atoms with Gasteiger partial charge in [-0.25, -0.2) is 13.2 Å². The third kappa shape index (κ3) is 4.53. The molecule has 0 aliphatic carbocycles. The van der Waals surface area contributed by atoms with Crippen molar-refractivity contribution in [2.24, 2.45) is 0 Å². The number of sulfonamides is 1. The number of anilines is 2. The smallest absolute Gasteiger partial charge is 0.321 e. The number of carbonyl (C=O) groups excluding carboxylic acids is 2. The third-order valence-electron chi connectivity index (χ3n) is 4.36. The zero-order chi connectivity index (χ0) is 21.0. The van der Waals surface area contributed by atoms with Gasteiger partial charge in [-0.1, -0.05) is 6.07 Å². The van der Waals surface area contributed by atoms with E-state index in [9.17, 15) is 18.0 Å². The van der Waals surface area contributed by atoms with E-state index in [1.807, 2.05) is 6.07 Å². The summed E-state index contributed by atoms with van der Waals surface area (Å²) in [4.78, 5) is 25.7. The number of hydrogen-bond donors (Lipinski definition) is 2. The number of benzene rings is 2. The lowest BCUT2D eigenvalue weighted by Gasteiger charge is -2.18. The predicted octanol–water partition coefficient (Wildman–Crippen LogP) is 1.35. The van der Waals surface area contributed by atoms with E-state index >= 15 is 0 Å². The van der Waals surface area contributed by atoms with Gasteiger partial charge in [0.2, 0.25) is 15.9 Å². The SMILES string of the molecule is CN(CC(=O)Nc1cccc(N2CCNC2=O)c1)S(=O)(=O)c1ccc(C#N)cc1. The minimum atomic E-state index is -3.88. The number of nitrogens with zero attached hydrogens (tertiary/aromatic N) is 3. The molecule has 150 valence electrons. The Morgan fingerprint density at radius 1 is 1.28 bits per heavy atom. The molecule has 1 heterocycles. The van der Waals surface area contributed by atoms with Crippen LogP contribution in [0.4, 0.5) is 16.2 Å². The molecule has 0 spiro atoms. The highest BCUT2D eigenvalue weighted by Crippen LogP contribution is 2.21. The highest BCUT2D eigenvalue weighted by atomic mass is 32.2. The molecular formula is C19H19N5O4S. The number of nitrogens with one attached hydrogen (secondary N) is 2. The summed E-state index contributed by atoms with van der Waals surface area (Å²) in [6.07, 6.45) is 0. The van der Waals surface area contributed by atoms with Crippen LogP contribution in [-0.2, 0) is 14.8 Å². The van der Waals surface area contributed by atoms with Crippen LogP contribution in [0, 0.1) is 11.3 Å². The lowest BCUT2D eigenvalue weighted by molar-refractivity contribution is -0.116. The number of likely N-dealkylation sites (N-methyl/N-ethyl adjacent to an activating group) is 1. The molecule has 1 aliphatic rings. The molecule has 1 fully saturated rings. The topological polar surface area (TPSA) is 123 Å². The number of urea groups is 1. The average Bonchev–Trinajstić information content (AvgIpc) is 3.14. The van der Waals surface area contributed by atoms with Gasteiger partial charge in [-0.3, -0.25) is 9.69 Å². The molecule has 10 heteroatoms. The number of amides is 3. The lowest BCUT2D eigenvalue weighted by Crippen LogP contribution is -2.35. The van der Waals surface area contributed by atoms with Crippen molar-refractivity contribution in [1.29, 1.82) is 5.26 Å². The zero-order valence-corrected chi connectivity index (χ0v) is 16.4. The van der Waals surface area contributed by atoms with Gasteiger partial charge >= 0.3 is 6.03 Å². The minimum Gasteiger partial charge on any atom is -0.336 e. The summed E-state index contributed by atoms with van der Waals surface area (Å²) in [7, 11) is -2.57. The number of carbonyl (C=O) groups is 2. The minimum absolute atomic E-state index is 0.00570. The van der Waals surface area contributed by atoms with Gasteiger partial charge in [-0.2, -0.15) is 9.57 Å². The maximum Gasteiger partial charge on any atom is 0.321 e. The molecule has 0 unspecified atom stereocenters. The van der Waals surface area contributed by atoms with Crippen molar-refractivity contribution >= 4 is 33.3 Å². The van der Waals surface area contributed by atoms with Crippen LogP contribution in [-0.4, -0.2) is 51.3 Å².